The number of hydrogen-bond donors (Lipinski definition) is 0. The molecular weight excluding hydrogens is 456 g/mol. The molecule has 0 N–H and O–H groups in total. The zero-order chi connectivity index (χ0) is 21.1. The first kappa shape index (κ1) is 19.0. The predicted octanol–water partition coefficient (Wildman–Crippen LogP) is 4.42. The molecule has 5 nitrogen and oxygen atoms in total. The van der Waals surface area contributed by atoms with Gasteiger partial charge in [0.15, 0.2) is 0 Å². The minimum Gasteiger partial charge on any atom is -0.488 e. The molecule has 1 heterocycles. The van der Waals surface area contributed by atoms with Crippen molar-refractivity contribution in [1.82, 2.24) is 5.01 Å². The van der Waals surface area contributed by atoms with Crippen LogP contribution in [-0.2, 0) is 16.2 Å². The van der Waals surface area contributed by atoms with E-state index in [-0.39, 0.29) is 35.5 Å². The number of imide groups is 1. The highest BCUT2D eigenvalue weighted by Crippen LogP contribution is 2.65. The lowest BCUT2D eigenvalue weighted by molar-refractivity contribution is -0.140. The van der Waals surface area contributed by atoms with Crippen LogP contribution in [0.4, 0.5) is 0 Å². The number of allylic oxidation sites excluding steroid dienone is 2. The van der Waals surface area contributed by atoms with Crippen molar-refractivity contribution in [3.8, 4) is 5.75 Å². The molecule has 3 fully saturated rings. The van der Waals surface area contributed by atoms with Gasteiger partial charge < -0.3 is 4.74 Å². The van der Waals surface area contributed by atoms with Gasteiger partial charge >= 0.3 is 0 Å². The van der Waals surface area contributed by atoms with Gasteiger partial charge in [-0.15, -0.1) is 0 Å². The highest BCUT2D eigenvalue weighted by molar-refractivity contribution is 9.10. The number of benzene rings is 2. The molecule has 6 heteroatoms. The lowest BCUT2D eigenvalue weighted by Crippen LogP contribution is -2.40. The van der Waals surface area contributed by atoms with Crippen LogP contribution in [0.3, 0.4) is 0 Å². The SMILES string of the molecule is O=C1[C@@H]2[C@H]3C=C[C@@H]([C@@H]4C[C@@H]34)[C@@H]2C(=O)N1N=Cc1ccc(OCc2ccccc2)c(Br)c1. The number of nitrogens with zero attached hydrogens (tertiary/aromatic N) is 2. The molecule has 2 amide bonds. The van der Waals surface area contributed by atoms with Gasteiger partial charge in [0.25, 0.3) is 11.8 Å². The summed E-state index contributed by atoms with van der Waals surface area (Å²) in [6.45, 7) is 0.477. The highest BCUT2D eigenvalue weighted by Gasteiger charge is 2.67. The number of carbonyl (C=O) groups excluding carboxylic acids is 2. The molecule has 7 rings (SSSR count). The first-order chi connectivity index (χ1) is 15.1. The number of hydrazone groups is 1. The zero-order valence-electron chi connectivity index (χ0n) is 16.7. The second-order valence-electron chi connectivity index (χ2n) is 8.85. The molecule has 156 valence electrons. The fourth-order valence-corrected chi connectivity index (χ4v) is 6.14. The first-order valence-corrected chi connectivity index (χ1v) is 11.5. The summed E-state index contributed by atoms with van der Waals surface area (Å²) < 4.78 is 6.68. The van der Waals surface area contributed by atoms with Crippen LogP contribution in [-0.4, -0.2) is 23.0 Å². The van der Waals surface area contributed by atoms with E-state index in [1.807, 2.05) is 48.5 Å². The molecule has 0 aromatic heterocycles. The number of ether oxygens (including phenoxy) is 1. The number of carbonyl (C=O) groups is 2. The van der Waals surface area contributed by atoms with Crippen molar-refractivity contribution >= 4 is 34.0 Å². The lowest BCUT2D eigenvalue weighted by Gasteiger charge is -2.37. The van der Waals surface area contributed by atoms with Gasteiger partial charge in [0.05, 0.1) is 22.5 Å². The van der Waals surface area contributed by atoms with Crippen molar-refractivity contribution in [2.75, 3.05) is 0 Å². The Morgan fingerprint density at radius 1 is 1.00 bits per heavy atom. The molecule has 5 aliphatic rings. The largest absolute Gasteiger partial charge is 0.488 e. The average Bonchev–Trinajstić information content (AvgIpc) is 3.57. The number of rotatable bonds is 5. The van der Waals surface area contributed by atoms with Gasteiger partial charge in [0, 0.05) is 0 Å². The highest BCUT2D eigenvalue weighted by atomic mass is 79.9. The van der Waals surface area contributed by atoms with Gasteiger partial charge in [-0.2, -0.15) is 10.1 Å². The molecule has 31 heavy (non-hydrogen) atoms. The van der Waals surface area contributed by atoms with Crippen LogP contribution in [0.1, 0.15) is 17.5 Å². The van der Waals surface area contributed by atoms with E-state index in [4.69, 9.17) is 4.74 Å². The van der Waals surface area contributed by atoms with Crippen LogP contribution >= 0.6 is 15.9 Å². The van der Waals surface area contributed by atoms with Crippen LogP contribution in [0.5, 0.6) is 5.75 Å². The second kappa shape index (κ2) is 7.16. The van der Waals surface area contributed by atoms with Crippen molar-refractivity contribution in [2.24, 2.45) is 40.6 Å². The Hall–Kier alpha value is -2.73. The maximum atomic E-state index is 13.0. The van der Waals surface area contributed by atoms with Gasteiger partial charge in [-0.25, -0.2) is 0 Å². The maximum Gasteiger partial charge on any atom is 0.254 e. The number of hydrogen-bond acceptors (Lipinski definition) is 4. The van der Waals surface area contributed by atoms with E-state index >= 15 is 0 Å². The van der Waals surface area contributed by atoms with Crippen LogP contribution in [0.15, 0.2) is 70.3 Å². The number of amides is 2. The molecule has 0 radical (unpaired) electrons. The molecule has 1 aliphatic heterocycles. The summed E-state index contributed by atoms with van der Waals surface area (Å²) in [6.07, 6.45) is 7.08. The van der Waals surface area contributed by atoms with Crippen molar-refractivity contribution in [2.45, 2.75) is 13.0 Å². The zero-order valence-corrected chi connectivity index (χ0v) is 18.3. The summed E-state index contributed by atoms with van der Waals surface area (Å²) in [6, 6.07) is 15.6. The van der Waals surface area contributed by atoms with Crippen molar-refractivity contribution in [3.63, 3.8) is 0 Å². The Morgan fingerprint density at radius 2 is 1.68 bits per heavy atom. The van der Waals surface area contributed by atoms with E-state index in [1.165, 1.54) is 0 Å². The molecule has 6 atom stereocenters. The van der Waals surface area contributed by atoms with Gasteiger partial charge in [0.1, 0.15) is 12.4 Å². The van der Waals surface area contributed by atoms with Crippen molar-refractivity contribution in [3.05, 3.63) is 76.3 Å². The molecule has 2 bridgehead atoms. The second-order valence-corrected chi connectivity index (χ2v) is 9.71. The van der Waals surface area contributed by atoms with Gasteiger partial charge in [0.2, 0.25) is 0 Å². The summed E-state index contributed by atoms with van der Waals surface area (Å²) in [7, 11) is 0. The summed E-state index contributed by atoms with van der Waals surface area (Å²) in [5.74, 6) is 1.62. The monoisotopic (exact) mass is 476 g/mol. The van der Waals surface area contributed by atoms with E-state index in [9.17, 15) is 9.59 Å². The Labute approximate surface area is 188 Å². The van der Waals surface area contributed by atoms with E-state index in [0.29, 0.717) is 18.4 Å². The average molecular weight is 477 g/mol. The lowest BCUT2D eigenvalue weighted by atomic mass is 9.63. The third-order valence-electron chi connectivity index (χ3n) is 7.15. The molecule has 2 aromatic carbocycles. The first-order valence-electron chi connectivity index (χ1n) is 10.7. The van der Waals surface area contributed by atoms with Crippen molar-refractivity contribution < 1.29 is 14.3 Å². The minimum atomic E-state index is -0.219. The van der Waals surface area contributed by atoms with E-state index in [2.05, 4.69) is 33.2 Å². The van der Waals surface area contributed by atoms with Crippen LogP contribution in [0, 0.1) is 35.5 Å². The molecule has 0 unspecified atom stereocenters. The molecular formula is C25H21BrN2O3. The minimum absolute atomic E-state index is 0.141. The predicted molar refractivity (Wildman–Crippen MR) is 119 cm³/mol. The molecule has 4 aliphatic carbocycles. The molecule has 2 saturated carbocycles. The maximum absolute atomic E-state index is 13.0. The van der Waals surface area contributed by atoms with Crippen LogP contribution < -0.4 is 4.74 Å². The summed E-state index contributed by atoms with van der Waals surface area (Å²) in [5, 5.41) is 5.41. The van der Waals surface area contributed by atoms with E-state index in [0.717, 1.165) is 32.8 Å². The van der Waals surface area contributed by atoms with Gasteiger partial charge in [-0.05, 0) is 75.3 Å². The summed E-state index contributed by atoms with van der Waals surface area (Å²) in [5.41, 5.74) is 1.88. The molecule has 0 spiro atoms. The smallest absolute Gasteiger partial charge is 0.254 e. The molecule has 1 saturated heterocycles. The fraction of sp³-hybridized carbons (Fsp3) is 0.320. The van der Waals surface area contributed by atoms with Gasteiger partial charge in [-0.1, -0.05) is 42.5 Å². The third kappa shape index (κ3) is 3.07. The van der Waals surface area contributed by atoms with Gasteiger partial charge in [-0.3, -0.25) is 9.59 Å². The normalized spacial score (nSPS) is 32.5. The topological polar surface area (TPSA) is 59.0 Å². The Balaban J connectivity index is 1.16. The molecule has 2 aromatic rings. The Bertz CT molecular complexity index is 1090. The third-order valence-corrected chi connectivity index (χ3v) is 7.77. The Kier molecular flexibility index (Phi) is 4.39. The van der Waals surface area contributed by atoms with Crippen LogP contribution in [0.25, 0.3) is 0 Å². The number of halogens is 1. The quantitative estimate of drug-likeness (QED) is 0.364. The van der Waals surface area contributed by atoms with Crippen molar-refractivity contribution in [1.29, 1.82) is 0 Å². The summed E-state index contributed by atoms with van der Waals surface area (Å²) >= 11 is 3.54. The van der Waals surface area contributed by atoms with E-state index in [1.54, 1.807) is 6.21 Å². The summed E-state index contributed by atoms with van der Waals surface area (Å²) in [4.78, 5) is 26.0. The standard InChI is InChI=1S/C25H21BrN2O3/c26-20-10-15(6-9-21(20)31-13-14-4-2-1-3-5-14)12-27-28-24(29)22-16-7-8-17(19-11-18(16)19)23(22)25(28)30/h1-10,12,16-19,22-23H,11,13H2/t16-,17-,18-,19-,22-,23+/m0/s1. The van der Waals surface area contributed by atoms with E-state index < -0.39 is 0 Å². The Morgan fingerprint density at radius 3 is 2.32 bits per heavy atom. The fourth-order valence-electron chi connectivity index (χ4n) is 5.63. The van der Waals surface area contributed by atoms with Crippen LogP contribution in [0.2, 0.25) is 0 Å².